The molecular formula is C18H30F2N2O2. The van der Waals surface area contributed by atoms with Gasteiger partial charge in [0.2, 0.25) is 11.8 Å². The second-order valence-electron chi connectivity index (χ2n) is 7.75. The van der Waals surface area contributed by atoms with E-state index in [4.69, 9.17) is 4.74 Å². The van der Waals surface area contributed by atoms with Gasteiger partial charge in [0.1, 0.15) is 0 Å². The van der Waals surface area contributed by atoms with E-state index < -0.39 is 11.8 Å². The topological polar surface area (TPSA) is 41.6 Å². The van der Waals surface area contributed by atoms with Crippen LogP contribution in [0.5, 0.6) is 0 Å². The summed E-state index contributed by atoms with van der Waals surface area (Å²) in [6.07, 6.45) is 6.15. The molecule has 1 N–H and O–H groups in total. The van der Waals surface area contributed by atoms with Gasteiger partial charge in [0.15, 0.2) is 0 Å². The van der Waals surface area contributed by atoms with Gasteiger partial charge >= 0.3 is 0 Å². The van der Waals surface area contributed by atoms with Crippen LogP contribution in [0.25, 0.3) is 0 Å². The Morgan fingerprint density at radius 2 is 1.79 bits per heavy atom. The molecular weight excluding hydrogens is 314 g/mol. The Kier molecular flexibility index (Phi) is 5.75. The molecule has 1 atom stereocenters. The van der Waals surface area contributed by atoms with Crippen LogP contribution in [0.3, 0.4) is 0 Å². The third-order valence-corrected chi connectivity index (χ3v) is 6.05. The van der Waals surface area contributed by atoms with Crippen LogP contribution in [0.15, 0.2) is 0 Å². The molecule has 2 heterocycles. The van der Waals surface area contributed by atoms with E-state index >= 15 is 0 Å². The summed E-state index contributed by atoms with van der Waals surface area (Å²) in [6.45, 7) is 4.13. The van der Waals surface area contributed by atoms with E-state index in [1.54, 1.807) is 0 Å². The number of halogens is 2. The summed E-state index contributed by atoms with van der Waals surface area (Å²) < 4.78 is 32.7. The second kappa shape index (κ2) is 7.65. The van der Waals surface area contributed by atoms with Gasteiger partial charge in [0.05, 0.1) is 0 Å². The van der Waals surface area contributed by atoms with Crippen molar-refractivity contribution in [3.63, 3.8) is 0 Å². The molecule has 0 bridgehead atoms. The van der Waals surface area contributed by atoms with Gasteiger partial charge in [-0.15, -0.1) is 0 Å². The first-order valence-corrected chi connectivity index (χ1v) is 9.49. The van der Waals surface area contributed by atoms with E-state index in [9.17, 15) is 13.6 Å². The van der Waals surface area contributed by atoms with Crippen molar-refractivity contribution in [1.29, 1.82) is 0 Å². The number of likely N-dealkylation sites (tertiary alicyclic amines) is 1. The first kappa shape index (κ1) is 18.1. The molecule has 1 amide bonds. The molecule has 1 saturated carbocycles. The van der Waals surface area contributed by atoms with E-state index in [2.05, 4.69) is 10.2 Å². The Balaban J connectivity index is 1.59. The van der Waals surface area contributed by atoms with Crippen LogP contribution < -0.4 is 5.32 Å². The quantitative estimate of drug-likeness (QED) is 0.852. The summed E-state index contributed by atoms with van der Waals surface area (Å²) in [6, 6.07) is 0. The number of alkyl halides is 2. The highest BCUT2D eigenvalue weighted by Gasteiger charge is 2.42. The van der Waals surface area contributed by atoms with Crippen LogP contribution in [0.4, 0.5) is 8.78 Å². The molecule has 24 heavy (non-hydrogen) atoms. The van der Waals surface area contributed by atoms with Gasteiger partial charge in [0.25, 0.3) is 0 Å². The van der Waals surface area contributed by atoms with Crippen molar-refractivity contribution in [2.75, 3.05) is 32.8 Å². The normalized spacial score (nSPS) is 30.7. The zero-order valence-electron chi connectivity index (χ0n) is 14.5. The molecule has 4 nitrogen and oxygen atoms in total. The Morgan fingerprint density at radius 3 is 2.46 bits per heavy atom. The maximum absolute atomic E-state index is 13.6. The Labute approximate surface area is 143 Å². The molecule has 0 spiro atoms. The van der Waals surface area contributed by atoms with Crippen molar-refractivity contribution in [2.45, 2.75) is 69.2 Å². The van der Waals surface area contributed by atoms with Crippen LogP contribution in [0, 0.1) is 5.92 Å². The fraction of sp³-hybridized carbons (Fsp3) is 0.944. The summed E-state index contributed by atoms with van der Waals surface area (Å²) in [5, 5.41) is 3.03. The van der Waals surface area contributed by atoms with E-state index in [1.807, 2.05) is 0 Å². The number of hydrogen-bond acceptors (Lipinski definition) is 3. The first-order valence-electron chi connectivity index (χ1n) is 9.49. The van der Waals surface area contributed by atoms with Crippen molar-refractivity contribution < 1.29 is 18.3 Å². The van der Waals surface area contributed by atoms with Gasteiger partial charge in [-0.3, -0.25) is 9.69 Å². The first-order chi connectivity index (χ1) is 11.5. The summed E-state index contributed by atoms with van der Waals surface area (Å²) in [5.41, 5.74) is -0.0501. The number of piperidine rings is 1. The van der Waals surface area contributed by atoms with Crippen molar-refractivity contribution in [2.24, 2.45) is 5.92 Å². The highest BCUT2D eigenvalue weighted by molar-refractivity contribution is 5.78. The number of rotatable bonds is 4. The summed E-state index contributed by atoms with van der Waals surface area (Å²) in [5.74, 6) is -3.40. The Morgan fingerprint density at radius 1 is 1.08 bits per heavy atom. The molecule has 3 fully saturated rings. The Bertz CT molecular complexity index is 433. The monoisotopic (exact) mass is 344 g/mol. The van der Waals surface area contributed by atoms with Gasteiger partial charge in [-0.25, -0.2) is 8.78 Å². The lowest BCUT2D eigenvalue weighted by atomic mass is 9.84. The molecule has 3 aliphatic rings. The highest BCUT2D eigenvalue weighted by Crippen LogP contribution is 2.37. The lowest BCUT2D eigenvalue weighted by Gasteiger charge is -2.48. The van der Waals surface area contributed by atoms with E-state index in [-0.39, 0.29) is 24.3 Å². The molecule has 0 aromatic heterocycles. The minimum atomic E-state index is -2.68. The maximum atomic E-state index is 13.6. The van der Waals surface area contributed by atoms with Crippen LogP contribution >= 0.6 is 0 Å². The van der Waals surface area contributed by atoms with Gasteiger partial charge in [-0.2, -0.15) is 0 Å². The molecule has 0 unspecified atom stereocenters. The van der Waals surface area contributed by atoms with Gasteiger partial charge in [-0.05, 0) is 51.6 Å². The molecule has 138 valence electrons. The molecule has 0 aromatic rings. The zero-order valence-corrected chi connectivity index (χ0v) is 14.5. The smallest absolute Gasteiger partial charge is 0.248 e. The third kappa shape index (κ3) is 4.26. The predicted octanol–water partition coefficient (Wildman–Crippen LogP) is 2.96. The van der Waals surface area contributed by atoms with E-state index in [0.717, 1.165) is 25.9 Å². The van der Waals surface area contributed by atoms with Crippen molar-refractivity contribution in [1.82, 2.24) is 10.2 Å². The number of amides is 1. The minimum absolute atomic E-state index is 0.0501. The molecule has 6 heteroatoms. The fourth-order valence-corrected chi connectivity index (χ4v) is 4.52. The summed E-state index contributed by atoms with van der Waals surface area (Å²) >= 11 is 0. The lowest BCUT2D eigenvalue weighted by molar-refractivity contribution is -0.133. The number of carbonyl (C=O) groups is 1. The van der Waals surface area contributed by atoms with Crippen LogP contribution in [-0.4, -0.2) is 55.1 Å². The molecule has 2 aliphatic heterocycles. The van der Waals surface area contributed by atoms with Gasteiger partial charge < -0.3 is 10.1 Å². The largest absolute Gasteiger partial charge is 0.381 e. The minimum Gasteiger partial charge on any atom is -0.381 e. The van der Waals surface area contributed by atoms with Crippen LogP contribution in [0.1, 0.15) is 57.8 Å². The molecule has 1 aliphatic carbocycles. The van der Waals surface area contributed by atoms with E-state index in [0.29, 0.717) is 32.6 Å². The van der Waals surface area contributed by atoms with Gasteiger partial charge in [-0.1, -0.05) is 6.42 Å². The highest BCUT2D eigenvalue weighted by atomic mass is 19.3. The molecule has 3 rings (SSSR count). The van der Waals surface area contributed by atoms with Crippen LogP contribution in [-0.2, 0) is 9.53 Å². The molecule has 0 radical (unpaired) electrons. The van der Waals surface area contributed by atoms with E-state index in [1.165, 1.54) is 19.3 Å². The second-order valence-corrected chi connectivity index (χ2v) is 7.75. The molecule has 2 saturated heterocycles. The summed E-state index contributed by atoms with van der Waals surface area (Å²) in [4.78, 5) is 15.0. The van der Waals surface area contributed by atoms with Crippen molar-refractivity contribution >= 4 is 5.91 Å². The average Bonchev–Trinajstić information content (AvgIpc) is 2.60. The Hall–Kier alpha value is -0.750. The average molecular weight is 344 g/mol. The van der Waals surface area contributed by atoms with Crippen LogP contribution in [0.2, 0.25) is 0 Å². The van der Waals surface area contributed by atoms with Crippen molar-refractivity contribution in [3.8, 4) is 0 Å². The standard InChI is InChI=1S/C18H30F2N2O2/c19-18(20)6-4-5-15(13-18)16(23)21-14-17(7-11-24-12-8-17)22-9-2-1-3-10-22/h15H,1-14H2,(H,21,23)/t15-/m1/s1. The number of nitrogens with zero attached hydrogens (tertiary/aromatic N) is 1. The fourth-order valence-electron chi connectivity index (χ4n) is 4.52. The SMILES string of the molecule is O=C(NCC1(N2CCCCC2)CCOCC1)[C@@H]1CCCC(F)(F)C1. The third-order valence-electron chi connectivity index (χ3n) is 6.05. The number of carbonyl (C=O) groups excluding carboxylic acids is 1. The maximum Gasteiger partial charge on any atom is 0.248 e. The zero-order chi connectivity index (χ0) is 17.0. The lowest BCUT2D eigenvalue weighted by Crippen LogP contribution is -2.60. The predicted molar refractivity (Wildman–Crippen MR) is 88.1 cm³/mol. The number of ether oxygens (including phenoxy) is 1. The number of hydrogen-bond donors (Lipinski definition) is 1. The van der Waals surface area contributed by atoms with Gasteiger partial charge in [0, 0.05) is 44.1 Å². The van der Waals surface area contributed by atoms with Crippen molar-refractivity contribution in [3.05, 3.63) is 0 Å². The molecule has 0 aromatic carbocycles. The summed E-state index contributed by atoms with van der Waals surface area (Å²) in [7, 11) is 0. The number of nitrogens with one attached hydrogen (secondary N) is 1.